The molecular formula is C15H28O. The molecule has 0 rings (SSSR count). The summed E-state index contributed by atoms with van der Waals surface area (Å²) in [6.45, 7) is 4.13. The fraction of sp³-hybridized carbons (Fsp3) is 0.800. The van der Waals surface area contributed by atoms with Crippen LogP contribution in [0.15, 0.2) is 11.6 Å². The van der Waals surface area contributed by atoms with Crippen molar-refractivity contribution in [1.82, 2.24) is 0 Å². The summed E-state index contributed by atoms with van der Waals surface area (Å²) in [7, 11) is 0. The van der Waals surface area contributed by atoms with E-state index in [9.17, 15) is 4.79 Å². The predicted molar refractivity (Wildman–Crippen MR) is 71.7 cm³/mol. The highest BCUT2D eigenvalue weighted by Gasteiger charge is 1.91. The molecule has 0 spiro atoms. The maximum Gasteiger partial charge on any atom is 0.145 e. The second kappa shape index (κ2) is 12.5. The predicted octanol–water partition coefficient (Wildman–Crippen LogP) is 5.05. The first kappa shape index (κ1) is 15.4. The first-order chi connectivity index (χ1) is 7.81. The number of hydrogen-bond acceptors (Lipinski definition) is 1. The lowest BCUT2D eigenvalue weighted by Gasteiger charge is -2.00. The fourth-order valence-electron chi connectivity index (χ4n) is 1.83. The normalized spacial score (nSPS) is 11.8. The van der Waals surface area contributed by atoms with Crippen molar-refractivity contribution >= 4 is 6.29 Å². The van der Waals surface area contributed by atoms with E-state index >= 15 is 0 Å². The van der Waals surface area contributed by atoms with Crippen molar-refractivity contribution in [1.29, 1.82) is 0 Å². The minimum absolute atomic E-state index is 0.875. The minimum Gasteiger partial charge on any atom is -0.298 e. The van der Waals surface area contributed by atoms with Crippen LogP contribution in [0.2, 0.25) is 0 Å². The zero-order valence-corrected chi connectivity index (χ0v) is 11.1. The third kappa shape index (κ3) is 11.5. The first-order valence-electron chi connectivity index (χ1n) is 6.93. The van der Waals surface area contributed by atoms with Crippen LogP contribution in [0.5, 0.6) is 0 Å². The Bertz CT molecular complexity index is 182. The lowest BCUT2D eigenvalue weighted by atomic mass is 10.1. The van der Waals surface area contributed by atoms with Gasteiger partial charge in [0, 0.05) is 0 Å². The molecule has 1 nitrogen and oxygen atoms in total. The number of unbranched alkanes of at least 4 members (excludes halogenated alkanes) is 9. The molecule has 0 aromatic carbocycles. The molecule has 16 heavy (non-hydrogen) atoms. The molecule has 94 valence electrons. The number of carbonyl (C=O) groups excluding carboxylic acids is 1. The van der Waals surface area contributed by atoms with Gasteiger partial charge < -0.3 is 0 Å². The summed E-state index contributed by atoms with van der Waals surface area (Å²) in [5.41, 5.74) is 0.875. The van der Waals surface area contributed by atoms with Gasteiger partial charge in [-0.15, -0.1) is 0 Å². The highest BCUT2D eigenvalue weighted by atomic mass is 16.1. The van der Waals surface area contributed by atoms with Crippen molar-refractivity contribution in [3.8, 4) is 0 Å². The van der Waals surface area contributed by atoms with E-state index in [2.05, 4.69) is 6.92 Å². The summed E-state index contributed by atoms with van der Waals surface area (Å²) in [6.07, 6.45) is 16.3. The van der Waals surface area contributed by atoms with E-state index in [4.69, 9.17) is 0 Å². The van der Waals surface area contributed by atoms with E-state index in [1.165, 1.54) is 57.8 Å². The van der Waals surface area contributed by atoms with Gasteiger partial charge in [-0.05, 0) is 25.3 Å². The molecular weight excluding hydrogens is 196 g/mol. The van der Waals surface area contributed by atoms with Crippen LogP contribution >= 0.6 is 0 Å². The number of hydrogen-bond donors (Lipinski definition) is 0. The van der Waals surface area contributed by atoms with Crippen LogP contribution in [0.4, 0.5) is 0 Å². The highest BCUT2D eigenvalue weighted by molar-refractivity contribution is 5.71. The van der Waals surface area contributed by atoms with E-state index in [-0.39, 0.29) is 0 Å². The van der Waals surface area contributed by atoms with Gasteiger partial charge >= 0.3 is 0 Å². The Kier molecular flexibility index (Phi) is 12.0. The molecule has 0 aliphatic carbocycles. The maximum absolute atomic E-state index is 10.3. The average molecular weight is 224 g/mol. The van der Waals surface area contributed by atoms with Crippen molar-refractivity contribution < 1.29 is 4.79 Å². The molecule has 0 saturated carbocycles. The second-order valence-electron chi connectivity index (χ2n) is 4.68. The fourth-order valence-corrected chi connectivity index (χ4v) is 1.83. The lowest BCUT2D eigenvalue weighted by molar-refractivity contribution is -0.104. The van der Waals surface area contributed by atoms with Gasteiger partial charge in [0.2, 0.25) is 0 Å². The summed E-state index contributed by atoms with van der Waals surface area (Å²) < 4.78 is 0. The Labute approximate surface area is 101 Å². The topological polar surface area (TPSA) is 17.1 Å². The van der Waals surface area contributed by atoms with E-state index < -0.39 is 0 Å². The highest BCUT2D eigenvalue weighted by Crippen LogP contribution is 2.10. The maximum atomic E-state index is 10.3. The summed E-state index contributed by atoms with van der Waals surface area (Å²) in [5, 5.41) is 0. The van der Waals surface area contributed by atoms with Gasteiger partial charge in [-0.25, -0.2) is 0 Å². The van der Waals surface area contributed by atoms with Crippen molar-refractivity contribution in [2.24, 2.45) is 0 Å². The average Bonchev–Trinajstić information content (AvgIpc) is 2.31. The van der Waals surface area contributed by atoms with Gasteiger partial charge in [0.15, 0.2) is 0 Å². The van der Waals surface area contributed by atoms with Crippen LogP contribution in [-0.4, -0.2) is 6.29 Å². The molecule has 0 aromatic rings. The standard InChI is InChI=1S/C15H28O/c1-3-4-5-6-7-8-9-10-11-12-13-15(2)14-16/h13-14H,3-12H2,1-2H3/b15-13+. The van der Waals surface area contributed by atoms with Crippen molar-refractivity contribution in [3.63, 3.8) is 0 Å². The van der Waals surface area contributed by atoms with Gasteiger partial charge in [0.25, 0.3) is 0 Å². The molecule has 0 aromatic heterocycles. The molecule has 0 atom stereocenters. The summed E-state index contributed by atoms with van der Waals surface area (Å²) in [4.78, 5) is 10.3. The van der Waals surface area contributed by atoms with Gasteiger partial charge in [0.05, 0.1) is 0 Å². The number of carbonyl (C=O) groups is 1. The minimum atomic E-state index is 0.875. The molecule has 0 radical (unpaired) electrons. The van der Waals surface area contributed by atoms with Crippen LogP contribution in [0, 0.1) is 0 Å². The van der Waals surface area contributed by atoms with Gasteiger partial charge in [0.1, 0.15) is 6.29 Å². The Balaban J connectivity index is 3.07. The van der Waals surface area contributed by atoms with E-state index in [0.29, 0.717) is 0 Å². The van der Waals surface area contributed by atoms with E-state index in [1.54, 1.807) is 0 Å². The Morgan fingerprint density at radius 1 is 0.875 bits per heavy atom. The molecule has 0 N–H and O–H groups in total. The molecule has 1 heteroatoms. The number of allylic oxidation sites excluding steroid dienone is 2. The zero-order valence-electron chi connectivity index (χ0n) is 11.1. The van der Waals surface area contributed by atoms with Crippen molar-refractivity contribution in [2.45, 2.75) is 78.1 Å². The van der Waals surface area contributed by atoms with Crippen LogP contribution in [-0.2, 0) is 4.79 Å². The van der Waals surface area contributed by atoms with Gasteiger partial charge in [-0.1, -0.05) is 64.4 Å². The van der Waals surface area contributed by atoms with Gasteiger partial charge in [-0.2, -0.15) is 0 Å². The number of aldehydes is 1. The number of rotatable bonds is 11. The Morgan fingerprint density at radius 3 is 1.88 bits per heavy atom. The molecule has 0 aliphatic heterocycles. The van der Waals surface area contributed by atoms with Crippen molar-refractivity contribution in [3.05, 3.63) is 11.6 Å². The second-order valence-corrected chi connectivity index (χ2v) is 4.68. The first-order valence-corrected chi connectivity index (χ1v) is 6.93. The lowest BCUT2D eigenvalue weighted by Crippen LogP contribution is -1.81. The quantitative estimate of drug-likeness (QED) is 0.272. The smallest absolute Gasteiger partial charge is 0.145 e. The molecule has 0 bridgehead atoms. The summed E-state index contributed by atoms with van der Waals surface area (Å²) in [6, 6.07) is 0. The molecule has 0 amide bonds. The third-order valence-electron chi connectivity index (χ3n) is 2.96. The Morgan fingerprint density at radius 2 is 1.38 bits per heavy atom. The molecule has 0 fully saturated rings. The third-order valence-corrected chi connectivity index (χ3v) is 2.96. The van der Waals surface area contributed by atoms with Crippen LogP contribution < -0.4 is 0 Å². The molecule has 0 heterocycles. The Hall–Kier alpha value is -0.590. The largest absolute Gasteiger partial charge is 0.298 e. The zero-order chi connectivity index (χ0) is 12.1. The van der Waals surface area contributed by atoms with Gasteiger partial charge in [-0.3, -0.25) is 4.79 Å². The molecule has 0 unspecified atom stereocenters. The van der Waals surface area contributed by atoms with Crippen LogP contribution in [0.1, 0.15) is 78.1 Å². The monoisotopic (exact) mass is 224 g/mol. The van der Waals surface area contributed by atoms with Crippen LogP contribution in [0.25, 0.3) is 0 Å². The van der Waals surface area contributed by atoms with E-state index in [0.717, 1.165) is 18.3 Å². The molecule has 0 aliphatic rings. The van der Waals surface area contributed by atoms with E-state index in [1.807, 2.05) is 13.0 Å². The SMILES string of the molecule is CCCCCCCCCCC/C=C(\C)C=O. The van der Waals surface area contributed by atoms with Crippen LogP contribution in [0.3, 0.4) is 0 Å². The molecule has 0 saturated heterocycles. The van der Waals surface area contributed by atoms with Crippen molar-refractivity contribution in [2.75, 3.05) is 0 Å². The summed E-state index contributed by atoms with van der Waals surface area (Å²) in [5.74, 6) is 0. The summed E-state index contributed by atoms with van der Waals surface area (Å²) >= 11 is 0.